The van der Waals surface area contributed by atoms with Crippen LogP contribution in [-0.4, -0.2) is 28.8 Å². The van der Waals surface area contributed by atoms with Crippen LogP contribution < -0.4 is 15.6 Å². The zero-order chi connectivity index (χ0) is 19.3. The average molecular weight is 377 g/mol. The van der Waals surface area contributed by atoms with Crippen LogP contribution in [0.25, 0.3) is 10.8 Å². The molecule has 0 radical (unpaired) electrons. The quantitative estimate of drug-likeness (QED) is 0.716. The monoisotopic (exact) mass is 377 g/mol. The van der Waals surface area contributed by atoms with Crippen molar-refractivity contribution in [3.63, 3.8) is 0 Å². The molecule has 1 aliphatic carbocycles. The molecule has 0 saturated carbocycles. The van der Waals surface area contributed by atoms with Gasteiger partial charge in [-0.3, -0.25) is 9.59 Å². The van der Waals surface area contributed by atoms with Crippen molar-refractivity contribution in [3.05, 3.63) is 70.1 Å². The Balaban J connectivity index is 1.31. The molecule has 1 heterocycles. The Morgan fingerprint density at radius 2 is 1.93 bits per heavy atom. The maximum absolute atomic E-state index is 12.2. The molecule has 6 nitrogen and oxygen atoms in total. The molecule has 1 aromatic heterocycles. The van der Waals surface area contributed by atoms with E-state index in [0.29, 0.717) is 18.8 Å². The number of rotatable bonds is 6. The summed E-state index contributed by atoms with van der Waals surface area (Å²) in [6, 6.07) is 15.3. The van der Waals surface area contributed by atoms with Crippen molar-refractivity contribution < 1.29 is 9.53 Å². The summed E-state index contributed by atoms with van der Waals surface area (Å²) in [5.74, 6) is 0.458. The SMILES string of the molecule is O=C(COc1cccc2ccccc12)NCCn1nc2c(cc1=O)CCCC2. The van der Waals surface area contributed by atoms with Gasteiger partial charge in [-0.2, -0.15) is 5.10 Å². The summed E-state index contributed by atoms with van der Waals surface area (Å²) >= 11 is 0. The van der Waals surface area contributed by atoms with Gasteiger partial charge >= 0.3 is 0 Å². The Morgan fingerprint density at radius 1 is 1.11 bits per heavy atom. The number of amides is 1. The molecule has 0 saturated heterocycles. The van der Waals surface area contributed by atoms with Crippen LogP contribution in [0.15, 0.2) is 53.3 Å². The topological polar surface area (TPSA) is 73.2 Å². The molecular formula is C22H23N3O3. The fourth-order valence-electron chi connectivity index (χ4n) is 3.58. The van der Waals surface area contributed by atoms with Crippen molar-refractivity contribution in [3.8, 4) is 5.75 Å². The van der Waals surface area contributed by atoms with Gasteiger partial charge in [0.05, 0.1) is 12.2 Å². The van der Waals surface area contributed by atoms with Gasteiger partial charge in [0.2, 0.25) is 0 Å². The standard InChI is InChI=1S/C22H23N3O3/c26-21(15-28-20-11-5-8-16-6-1-3-9-18(16)20)23-12-13-25-22(27)14-17-7-2-4-10-19(17)24-25/h1,3,5-6,8-9,11,14H,2,4,7,10,12-13,15H2,(H,23,26). The number of aromatic nitrogens is 2. The Labute approximate surface area is 163 Å². The van der Waals surface area contributed by atoms with Gasteiger partial charge in [0.1, 0.15) is 5.75 Å². The van der Waals surface area contributed by atoms with Gasteiger partial charge < -0.3 is 10.1 Å². The minimum absolute atomic E-state index is 0.0689. The molecule has 144 valence electrons. The molecule has 0 unspecified atom stereocenters. The van der Waals surface area contributed by atoms with Crippen LogP contribution in [0.4, 0.5) is 0 Å². The summed E-state index contributed by atoms with van der Waals surface area (Å²) in [7, 11) is 0. The third-order valence-corrected chi connectivity index (χ3v) is 5.03. The lowest BCUT2D eigenvalue weighted by atomic mass is 9.97. The van der Waals surface area contributed by atoms with Crippen molar-refractivity contribution in [1.29, 1.82) is 0 Å². The number of hydrogen-bond donors (Lipinski definition) is 1. The molecule has 3 aromatic rings. The molecule has 1 aliphatic rings. The molecule has 0 bridgehead atoms. The predicted molar refractivity (Wildman–Crippen MR) is 108 cm³/mol. The predicted octanol–water partition coefficient (Wildman–Crippen LogP) is 2.47. The lowest BCUT2D eigenvalue weighted by Gasteiger charge is -2.16. The molecule has 1 N–H and O–H groups in total. The van der Waals surface area contributed by atoms with E-state index in [9.17, 15) is 9.59 Å². The van der Waals surface area contributed by atoms with Crippen LogP contribution in [0.1, 0.15) is 24.1 Å². The molecule has 4 rings (SSSR count). The zero-order valence-electron chi connectivity index (χ0n) is 15.7. The van der Waals surface area contributed by atoms with E-state index in [-0.39, 0.29) is 18.1 Å². The van der Waals surface area contributed by atoms with Gasteiger partial charge in [-0.25, -0.2) is 4.68 Å². The van der Waals surface area contributed by atoms with Crippen LogP contribution in [0.5, 0.6) is 5.75 Å². The van der Waals surface area contributed by atoms with E-state index in [1.54, 1.807) is 6.07 Å². The van der Waals surface area contributed by atoms with E-state index in [1.807, 2.05) is 42.5 Å². The number of benzene rings is 2. The number of fused-ring (bicyclic) bond motifs is 2. The second-order valence-electron chi connectivity index (χ2n) is 7.00. The first-order valence-corrected chi connectivity index (χ1v) is 9.68. The van der Waals surface area contributed by atoms with Crippen LogP contribution in [0.2, 0.25) is 0 Å². The summed E-state index contributed by atoms with van der Waals surface area (Å²) < 4.78 is 7.13. The summed E-state index contributed by atoms with van der Waals surface area (Å²) in [6.45, 7) is 0.621. The lowest BCUT2D eigenvalue weighted by Crippen LogP contribution is -2.35. The number of ether oxygens (including phenoxy) is 1. The minimum atomic E-state index is -0.223. The largest absolute Gasteiger partial charge is 0.483 e. The molecule has 0 atom stereocenters. The van der Waals surface area contributed by atoms with Crippen LogP contribution >= 0.6 is 0 Å². The highest BCUT2D eigenvalue weighted by Gasteiger charge is 2.13. The highest BCUT2D eigenvalue weighted by atomic mass is 16.5. The Kier molecular flexibility index (Phi) is 5.37. The molecule has 2 aromatic carbocycles. The molecular weight excluding hydrogens is 354 g/mol. The number of nitrogens with zero attached hydrogens (tertiary/aromatic N) is 2. The third kappa shape index (κ3) is 4.06. The number of nitrogens with one attached hydrogen (secondary N) is 1. The van der Waals surface area contributed by atoms with E-state index in [2.05, 4.69) is 10.4 Å². The van der Waals surface area contributed by atoms with Gasteiger partial charge in [0, 0.05) is 18.0 Å². The second-order valence-corrected chi connectivity index (χ2v) is 7.00. The molecule has 28 heavy (non-hydrogen) atoms. The first-order chi connectivity index (χ1) is 13.7. The van der Waals surface area contributed by atoms with E-state index in [1.165, 1.54) is 4.68 Å². The Hall–Kier alpha value is -3.15. The van der Waals surface area contributed by atoms with E-state index in [0.717, 1.165) is 47.7 Å². The van der Waals surface area contributed by atoms with Crippen molar-refractivity contribution >= 4 is 16.7 Å². The molecule has 0 aliphatic heterocycles. The summed E-state index contributed by atoms with van der Waals surface area (Å²) in [5, 5.41) is 9.29. The Bertz CT molecular complexity index is 1050. The van der Waals surface area contributed by atoms with Crippen LogP contribution in [-0.2, 0) is 24.2 Å². The van der Waals surface area contributed by atoms with Gasteiger partial charge in [-0.15, -0.1) is 0 Å². The molecule has 0 spiro atoms. The highest BCUT2D eigenvalue weighted by molar-refractivity contribution is 5.88. The maximum Gasteiger partial charge on any atom is 0.267 e. The second kappa shape index (κ2) is 8.25. The maximum atomic E-state index is 12.2. The summed E-state index contributed by atoms with van der Waals surface area (Å²) in [5.41, 5.74) is 1.97. The highest BCUT2D eigenvalue weighted by Crippen LogP contribution is 2.24. The van der Waals surface area contributed by atoms with Crippen molar-refractivity contribution in [2.24, 2.45) is 0 Å². The summed E-state index contributed by atoms with van der Waals surface area (Å²) in [6.07, 6.45) is 4.08. The van der Waals surface area contributed by atoms with Gasteiger partial charge in [-0.1, -0.05) is 36.4 Å². The van der Waals surface area contributed by atoms with Gasteiger partial charge in [-0.05, 0) is 42.7 Å². The Morgan fingerprint density at radius 3 is 2.86 bits per heavy atom. The van der Waals surface area contributed by atoms with Gasteiger partial charge in [0.25, 0.3) is 11.5 Å². The lowest BCUT2D eigenvalue weighted by molar-refractivity contribution is -0.123. The van der Waals surface area contributed by atoms with E-state index >= 15 is 0 Å². The summed E-state index contributed by atoms with van der Waals surface area (Å²) in [4.78, 5) is 24.3. The van der Waals surface area contributed by atoms with Crippen LogP contribution in [0, 0.1) is 0 Å². The van der Waals surface area contributed by atoms with Crippen LogP contribution in [0.3, 0.4) is 0 Å². The van der Waals surface area contributed by atoms with E-state index in [4.69, 9.17) is 4.74 Å². The average Bonchev–Trinajstić information content (AvgIpc) is 2.72. The number of carbonyl (C=O) groups excluding carboxylic acids is 1. The number of aryl methyl sites for hydroxylation is 2. The van der Waals surface area contributed by atoms with Gasteiger partial charge in [0.15, 0.2) is 6.61 Å². The molecule has 1 amide bonds. The fraction of sp³-hybridized carbons (Fsp3) is 0.318. The fourth-order valence-corrected chi connectivity index (χ4v) is 3.58. The normalized spacial score (nSPS) is 13.1. The van der Waals surface area contributed by atoms with E-state index < -0.39 is 0 Å². The first-order valence-electron chi connectivity index (χ1n) is 9.68. The number of hydrogen-bond acceptors (Lipinski definition) is 4. The third-order valence-electron chi connectivity index (χ3n) is 5.03. The number of carbonyl (C=O) groups is 1. The zero-order valence-corrected chi connectivity index (χ0v) is 15.7. The molecule has 6 heteroatoms. The van der Waals surface area contributed by atoms with Crippen molar-refractivity contribution in [2.75, 3.05) is 13.2 Å². The minimum Gasteiger partial charge on any atom is -0.483 e. The van der Waals surface area contributed by atoms with Crippen molar-refractivity contribution in [2.45, 2.75) is 32.2 Å². The first kappa shape index (κ1) is 18.2. The molecule has 0 fully saturated rings. The van der Waals surface area contributed by atoms with Crippen molar-refractivity contribution in [1.82, 2.24) is 15.1 Å². The smallest absolute Gasteiger partial charge is 0.267 e.